The lowest BCUT2D eigenvalue weighted by Gasteiger charge is -2.08. The van der Waals surface area contributed by atoms with E-state index in [0.29, 0.717) is 12.5 Å². The van der Waals surface area contributed by atoms with E-state index in [1.807, 2.05) is 29.6 Å². The van der Waals surface area contributed by atoms with Crippen molar-refractivity contribution in [1.82, 2.24) is 10.3 Å². The number of aromatic nitrogens is 1. The molecule has 0 radical (unpaired) electrons. The van der Waals surface area contributed by atoms with E-state index in [0.717, 1.165) is 29.2 Å². The maximum Gasteiger partial charge on any atom is 0.224 e. The zero-order valence-electron chi connectivity index (χ0n) is 12.4. The first-order chi connectivity index (χ1) is 10.1. The fourth-order valence-electron chi connectivity index (χ4n) is 1.93. The molecule has 0 bridgehead atoms. The Balaban J connectivity index is 1.79. The monoisotopic (exact) mass is 303 g/mol. The minimum Gasteiger partial charge on any atom is -0.326 e. The van der Waals surface area contributed by atoms with Crippen LogP contribution in [0.2, 0.25) is 0 Å². The molecule has 0 aliphatic heterocycles. The first-order valence-electron chi connectivity index (χ1n) is 7.18. The highest BCUT2D eigenvalue weighted by Crippen LogP contribution is 2.23. The highest BCUT2D eigenvalue weighted by atomic mass is 32.1. The highest BCUT2D eigenvalue weighted by molar-refractivity contribution is 7.13. The van der Waals surface area contributed by atoms with Crippen molar-refractivity contribution in [3.05, 3.63) is 35.8 Å². The Morgan fingerprint density at radius 3 is 2.67 bits per heavy atom. The molecule has 1 aromatic carbocycles. The summed E-state index contributed by atoms with van der Waals surface area (Å²) in [6, 6.07) is 8.26. The van der Waals surface area contributed by atoms with Crippen LogP contribution in [-0.2, 0) is 4.79 Å². The van der Waals surface area contributed by atoms with Crippen LogP contribution in [0.1, 0.15) is 26.7 Å². The van der Waals surface area contributed by atoms with Gasteiger partial charge in [0.1, 0.15) is 5.01 Å². The van der Waals surface area contributed by atoms with E-state index in [1.54, 1.807) is 17.5 Å². The smallest absolute Gasteiger partial charge is 0.224 e. The summed E-state index contributed by atoms with van der Waals surface area (Å²) in [7, 11) is 0. The number of amides is 1. The minimum absolute atomic E-state index is 0.0579. The summed E-state index contributed by atoms with van der Waals surface area (Å²) in [4.78, 5) is 16.1. The van der Waals surface area contributed by atoms with E-state index >= 15 is 0 Å². The van der Waals surface area contributed by atoms with E-state index in [9.17, 15) is 4.79 Å². The lowest BCUT2D eigenvalue weighted by molar-refractivity contribution is -0.116. The SMILES string of the molecule is CC(C)NCCCC(=O)Nc1ccc(-c2nccs2)cc1. The number of carbonyl (C=O) groups is 1. The van der Waals surface area contributed by atoms with Gasteiger partial charge < -0.3 is 10.6 Å². The summed E-state index contributed by atoms with van der Waals surface area (Å²) in [5.74, 6) is 0.0579. The number of hydrogen-bond acceptors (Lipinski definition) is 4. The second-order valence-electron chi connectivity index (χ2n) is 5.18. The van der Waals surface area contributed by atoms with Crippen molar-refractivity contribution in [3.63, 3.8) is 0 Å². The van der Waals surface area contributed by atoms with Crippen molar-refractivity contribution in [2.75, 3.05) is 11.9 Å². The van der Waals surface area contributed by atoms with Gasteiger partial charge in [-0.1, -0.05) is 13.8 Å². The summed E-state index contributed by atoms with van der Waals surface area (Å²) in [5.41, 5.74) is 1.90. The van der Waals surface area contributed by atoms with Gasteiger partial charge in [0.25, 0.3) is 0 Å². The molecule has 1 heterocycles. The van der Waals surface area contributed by atoms with Gasteiger partial charge in [-0.05, 0) is 37.2 Å². The molecule has 1 amide bonds. The average molecular weight is 303 g/mol. The molecule has 0 fully saturated rings. The van der Waals surface area contributed by atoms with Crippen LogP contribution in [0.15, 0.2) is 35.8 Å². The molecule has 0 unspecified atom stereocenters. The molecule has 0 aliphatic carbocycles. The quantitative estimate of drug-likeness (QED) is 0.769. The molecule has 21 heavy (non-hydrogen) atoms. The predicted octanol–water partition coefficient (Wildman–Crippen LogP) is 3.53. The van der Waals surface area contributed by atoms with Gasteiger partial charge in [0, 0.05) is 35.3 Å². The molecule has 112 valence electrons. The molecular weight excluding hydrogens is 282 g/mol. The minimum atomic E-state index is 0.0579. The topological polar surface area (TPSA) is 54.0 Å². The number of nitrogens with zero attached hydrogens (tertiary/aromatic N) is 1. The largest absolute Gasteiger partial charge is 0.326 e. The predicted molar refractivity (Wildman–Crippen MR) is 88.6 cm³/mol. The Morgan fingerprint density at radius 1 is 1.29 bits per heavy atom. The molecule has 2 N–H and O–H groups in total. The number of anilines is 1. The molecule has 0 atom stereocenters. The molecule has 2 aromatic rings. The first-order valence-corrected chi connectivity index (χ1v) is 8.06. The van der Waals surface area contributed by atoms with Crippen LogP contribution in [0.4, 0.5) is 5.69 Å². The second-order valence-corrected chi connectivity index (χ2v) is 6.07. The Bertz CT molecular complexity index is 549. The van der Waals surface area contributed by atoms with Gasteiger partial charge in [-0.15, -0.1) is 11.3 Å². The van der Waals surface area contributed by atoms with E-state index in [4.69, 9.17) is 0 Å². The molecule has 0 spiro atoms. The van der Waals surface area contributed by atoms with E-state index in [1.165, 1.54) is 0 Å². The normalized spacial score (nSPS) is 10.8. The van der Waals surface area contributed by atoms with E-state index in [2.05, 4.69) is 29.5 Å². The van der Waals surface area contributed by atoms with Crippen molar-refractivity contribution < 1.29 is 4.79 Å². The summed E-state index contributed by atoms with van der Waals surface area (Å²) < 4.78 is 0. The third-order valence-electron chi connectivity index (χ3n) is 2.98. The van der Waals surface area contributed by atoms with Crippen LogP contribution in [0.3, 0.4) is 0 Å². The molecule has 0 saturated heterocycles. The van der Waals surface area contributed by atoms with Gasteiger partial charge >= 0.3 is 0 Å². The van der Waals surface area contributed by atoms with E-state index in [-0.39, 0.29) is 5.91 Å². The van der Waals surface area contributed by atoms with Gasteiger partial charge in [-0.3, -0.25) is 4.79 Å². The lowest BCUT2D eigenvalue weighted by atomic mass is 10.2. The number of benzene rings is 1. The maximum atomic E-state index is 11.8. The van der Waals surface area contributed by atoms with Gasteiger partial charge in [-0.25, -0.2) is 4.98 Å². The summed E-state index contributed by atoms with van der Waals surface area (Å²) in [6.07, 6.45) is 3.18. The van der Waals surface area contributed by atoms with Crippen molar-refractivity contribution in [2.45, 2.75) is 32.7 Å². The molecular formula is C16H21N3OS. The average Bonchev–Trinajstić information content (AvgIpc) is 2.98. The van der Waals surface area contributed by atoms with Crippen LogP contribution in [-0.4, -0.2) is 23.5 Å². The molecule has 0 aliphatic rings. The zero-order valence-corrected chi connectivity index (χ0v) is 13.2. The van der Waals surface area contributed by atoms with Crippen molar-refractivity contribution in [3.8, 4) is 10.6 Å². The number of thiazole rings is 1. The van der Waals surface area contributed by atoms with Crippen molar-refractivity contribution in [2.24, 2.45) is 0 Å². The number of carbonyl (C=O) groups excluding carboxylic acids is 1. The Hall–Kier alpha value is -1.72. The van der Waals surface area contributed by atoms with Crippen LogP contribution in [0, 0.1) is 0 Å². The van der Waals surface area contributed by atoms with Crippen molar-refractivity contribution in [1.29, 1.82) is 0 Å². The number of nitrogens with one attached hydrogen (secondary N) is 2. The van der Waals surface area contributed by atoms with Crippen LogP contribution < -0.4 is 10.6 Å². The number of hydrogen-bond donors (Lipinski definition) is 2. The molecule has 5 heteroatoms. The van der Waals surface area contributed by atoms with Crippen molar-refractivity contribution >= 4 is 22.9 Å². The Kier molecular flexibility index (Phi) is 5.90. The fraction of sp³-hybridized carbons (Fsp3) is 0.375. The first kappa shape index (κ1) is 15.7. The second kappa shape index (κ2) is 7.90. The molecule has 0 saturated carbocycles. The van der Waals surface area contributed by atoms with Crippen LogP contribution >= 0.6 is 11.3 Å². The third kappa shape index (κ3) is 5.28. The van der Waals surface area contributed by atoms with Crippen LogP contribution in [0.5, 0.6) is 0 Å². The zero-order chi connectivity index (χ0) is 15.1. The fourth-order valence-corrected chi connectivity index (χ4v) is 2.57. The van der Waals surface area contributed by atoms with Gasteiger partial charge in [0.05, 0.1) is 0 Å². The maximum absolute atomic E-state index is 11.8. The third-order valence-corrected chi connectivity index (χ3v) is 3.80. The van der Waals surface area contributed by atoms with Gasteiger partial charge in [0.2, 0.25) is 5.91 Å². The van der Waals surface area contributed by atoms with Crippen LogP contribution in [0.25, 0.3) is 10.6 Å². The van der Waals surface area contributed by atoms with Gasteiger partial charge in [0.15, 0.2) is 0 Å². The number of rotatable bonds is 7. The lowest BCUT2D eigenvalue weighted by Crippen LogP contribution is -2.24. The summed E-state index contributed by atoms with van der Waals surface area (Å²) in [5, 5.41) is 9.17. The Morgan fingerprint density at radius 2 is 2.05 bits per heavy atom. The summed E-state index contributed by atoms with van der Waals surface area (Å²) in [6.45, 7) is 5.07. The standard InChI is InChI=1S/C16H21N3OS/c1-12(2)17-9-3-4-15(20)19-14-7-5-13(6-8-14)16-18-10-11-21-16/h5-8,10-12,17H,3-4,9H2,1-2H3,(H,19,20). The van der Waals surface area contributed by atoms with E-state index < -0.39 is 0 Å². The Labute approximate surface area is 129 Å². The van der Waals surface area contributed by atoms with Gasteiger partial charge in [-0.2, -0.15) is 0 Å². The molecule has 1 aromatic heterocycles. The highest BCUT2D eigenvalue weighted by Gasteiger charge is 2.04. The molecule has 4 nitrogen and oxygen atoms in total. The molecule has 2 rings (SSSR count). The summed E-state index contributed by atoms with van der Waals surface area (Å²) >= 11 is 1.61.